The fraction of sp³-hybridized carbons (Fsp3) is 0.125. The molecule has 0 spiro atoms. The molecule has 1 aliphatic rings. The molecule has 4 heteroatoms. The van der Waals surface area contributed by atoms with Gasteiger partial charge in [-0.2, -0.15) is 41.6 Å². The summed E-state index contributed by atoms with van der Waals surface area (Å²) in [5.41, 5.74) is 16.3. The molecule has 258 valence electrons. The predicted molar refractivity (Wildman–Crippen MR) is 226 cm³/mol. The number of fused-ring (bicyclic) bond motifs is 5. The smallest absolute Gasteiger partial charge is 0.0920 e. The van der Waals surface area contributed by atoms with Gasteiger partial charge in [0.2, 0.25) is 0 Å². The van der Waals surface area contributed by atoms with E-state index < -0.39 is 20.8 Å². The Morgan fingerprint density at radius 3 is 1.44 bits per heavy atom. The molecule has 0 fully saturated rings. The Balaban J connectivity index is 0.000000130. The summed E-state index contributed by atoms with van der Waals surface area (Å²) < 4.78 is 0. The maximum atomic E-state index is 4.93. The monoisotopic (exact) mass is 805 g/mol. The van der Waals surface area contributed by atoms with Gasteiger partial charge in [0.15, 0.2) is 0 Å². The number of hydrogen-bond donors (Lipinski definition) is 0. The average molecular weight is 808 g/mol. The summed E-state index contributed by atoms with van der Waals surface area (Å²) in [5, 5.41) is 8.26. The Labute approximate surface area is 330 Å². The van der Waals surface area contributed by atoms with E-state index in [4.69, 9.17) is 17.0 Å². The van der Waals surface area contributed by atoms with Gasteiger partial charge in [-0.25, -0.2) is 0 Å². The van der Waals surface area contributed by atoms with Crippen molar-refractivity contribution in [1.29, 1.82) is 0 Å². The summed E-state index contributed by atoms with van der Waals surface area (Å²) in [6.07, 6.45) is 0. The first kappa shape index (κ1) is 38.0. The van der Waals surface area contributed by atoms with E-state index in [1.165, 1.54) is 98.7 Å². The Kier molecular flexibility index (Phi) is 12.7. The summed E-state index contributed by atoms with van der Waals surface area (Å²) in [7, 11) is 10.7. The molecule has 0 saturated carbocycles. The molecule has 9 rings (SSSR count). The fourth-order valence-corrected chi connectivity index (χ4v) is 8.54. The van der Waals surface area contributed by atoms with Crippen LogP contribution in [0.2, 0.25) is 0 Å². The van der Waals surface area contributed by atoms with Crippen molar-refractivity contribution in [3.63, 3.8) is 0 Å². The minimum Gasteiger partial charge on any atom is -0.184 e. The molecule has 8 aromatic carbocycles. The van der Waals surface area contributed by atoms with Crippen LogP contribution in [0.25, 0.3) is 54.9 Å². The SMILES string of the molecule is Cc1cc2c(-c3ccccc3C)c(C)ccc2[cH-]1.Cc1cc2c(-c3ccccc3C)c(C)ccc2[cH-]1.[Cl][Zr][Cl].[c-]1cccc2c1[Si]c1ccccc1-2. The first-order valence-corrected chi connectivity index (χ1v) is 24.8. The van der Waals surface area contributed by atoms with Crippen LogP contribution in [0.4, 0.5) is 0 Å². The Morgan fingerprint density at radius 1 is 0.500 bits per heavy atom. The van der Waals surface area contributed by atoms with Crippen LogP contribution in [-0.4, -0.2) is 9.52 Å². The van der Waals surface area contributed by atoms with Gasteiger partial charge >= 0.3 is 37.9 Å². The molecule has 0 aromatic heterocycles. The van der Waals surface area contributed by atoms with Gasteiger partial charge in [0.25, 0.3) is 0 Å². The third-order valence-electron chi connectivity index (χ3n) is 9.65. The first-order chi connectivity index (χ1) is 25.2. The molecule has 0 saturated heterocycles. The number of rotatable bonds is 2. The molecular weight excluding hydrogens is 767 g/mol. The average Bonchev–Trinajstić information content (AvgIpc) is 3.83. The van der Waals surface area contributed by atoms with Gasteiger partial charge < -0.3 is 0 Å². The zero-order valence-corrected chi connectivity index (χ0v) is 35.5. The van der Waals surface area contributed by atoms with Crippen LogP contribution < -0.4 is 10.4 Å². The van der Waals surface area contributed by atoms with Crippen molar-refractivity contribution >= 4 is 58.5 Å². The molecule has 0 amide bonds. The van der Waals surface area contributed by atoms with Crippen molar-refractivity contribution in [2.24, 2.45) is 0 Å². The molecule has 0 atom stereocenters. The van der Waals surface area contributed by atoms with E-state index in [0.29, 0.717) is 0 Å². The molecule has 0 nitrogen and oxygen atoms in total. The second-order valence-electron chi connectivity index (χ2n) is 13.4. The maximum absolute atomic E-state index is 4.93. The van der Waals surface area contributed by atoms with Crippen LogP contribution in [0.5, 0.6) is 0 Å². The largest absolute Gasteiger partial charge is 0.184 e. The second kappa shape index (κ2) is 17.4. The molecule has 8 aromatic rings. The Bertz CT molecular complexity index is 2290. The zero-order chi connectivity index (χ0) is 36.8. The van der Waals surface area contributed by atoms with E-state index in [1.807, 2.05) is 6.07 Å². The predicted octanol–water partition coefficient (Wildman–Crippen LogP) is 12.8. The zero-order valence-electron chi connectivity index (χ0n) is 30.5. The molecular formula is C48H41Cl2SiZr-3. The number of halogens is 2. The quantitative estimate of drug-likeness (QED) is 0.121. The van der Waals surface area contributed by atoms with Crippen LogP contribution in [0.1, 0.15) is 33.4 Å². The van der Waals surface area contributed by atoms with Crippen molar-refractivity contribution in [2.75, 3.05) is 0 Å². The minimum absolute atomic E-state index is 0.795. The van der Waals surface area contributed by atoms with Gasteiger partial charge in [-0.1, -0.05) is 120 Å². The summed E-state index contributed by atoms with van der Waals surface area (Å²) >= 11 is -0.826. The molecule has 0 unspecified atom stereocenters. The van der Waals surface area contributed by atoms with Crippen LogP contribution in [0, 0.1) is 47.6 Å². The maximum Gasteiger partial charge on any atom is 0.0920 e. The summed E-state index contributed by atoms with van der Waals surface area (Å²) in [4.78, 5) is 0. The van der Waals surface area contributed by atoms with Crippen molar-refractivity contribution < 1.29 is 20.8 Å². The summed E-state index contributed by atoms with van der Waals surface area (Å²) in [6, 6.07) is 53.4. The molecule has 1 aliphatic heterocycles. The van der Waals surface area contributed by atoms with Gasteiger partial charge in [0.1, 0.15) is 0 Å². The first-order valence-electron chi connectivity index (χ1n) is 17.5. The summed E-state index contributed by atoms with van der Waals surface area (Å²) in [6.45, 7) is 13.1. The molecule has 0 N–H and O–H groups in total. The van der Waals surface area contributed by atoms with Gasteiger partial charge in [-0.3, -0.25) is 0 Å². The van der Waals surface area contributed by atoms with Crippen LogP contribution in [0.3, 0.4) is 0 Å². The number of benzene rings is 6. The number of hydrogen-bond acceptors (Lipinski definition) is 0. The van der Waals surface area contributed by atoms with Crippen molar-refractivity contribution in [3.8, 4) is 33.4 Å². The molecule has 52 heavy (non-hydrogen) atoms. The third-order valence-corrected chi connectivity index (χ3v) is 11.0. The third kappa shape index (κ3) is 8.38. The minimum atomic E-state index is -0.826. The fourth-order valence-electron chi connectivity index (χ4n) is 7.23. The van der Waals surface area contributed by atoms with Gasteiger partial charge in [-0.15, -0.1) is 74.6 Å². The van der Waals surface area contributed by atoms with Gasteiger partial charge in [0.05, 0.1) is 9.52 Å². The van der Waals surface area contributed by atoms with E-state index in [-0.39, 0.29) is 0 Å². The van der Waals surface area contributed by atoms with E-state index in [0.717, 1.165) is 9.52 Å². The van der Waals surface area contributed by atoms with Crippen molar-refractivity contribution in [1.82, 2.24) is 0 Å². The van der Waals surface area contributed by atoms with E-state index in [1.54, 1.807) is 0 Å². The summed E-state index contributed by atoms with van der Waals surface area (Å²) in [5.74, 6) is 0. The standard InChI is InChI=1S/2C18H17.C12H7Si.2ClH.Zr/c2*1-12-10-15-9-8-14(3)18(17(15)11-12)16-7-5-4-6-13(16)2;1-3-7-11-9(5-1)10-6-2-4-8-12(10)13-11;;;/h2*4-11H,1-3H3;1-7H;2*1H;/q3*-1;;;+2/p-2. The van der Waals surface area contributed by atoms with E-state index in [2.05, 4.69) is 181 Å². The van der Waals surface area contributed by atoms with Crippen LogP contribution >= 0.6 is 17.0 Å². The van der Waals surface area contributed by atoms with Crippen LogP contribution in [-0.2, 0) is 20.8 Å². The molecule has 1 heterocycles. The molecule has 2 radical (unpaired) electrons. The van der Waals surface area contributed by atoms with Gasteiger partial charge in [-0.05, 0) is 49.9 Å². The second-order valence-corrected chi connectivity index (χ2v) is 18.4. The number of aryl methyl sites for hydroxylation is 6. The normalized spacial score (nSPS) is 11.0. The molecule has 0 bridgehead atoms. The topological polar surface area (TPSA) is 0 Å². The van der Waals surface area contributed by atoms with Crippen molar-refractivity contribution in [3.05, 3.63) is 179 Å². The Morgan fingerprint density at radius 2 is 0.942 bits per heavy atom. The van der Waals surface area contributed by atoms with Crippen LogP contribution in [0.15, 0.2) is 140 Å². The van der Waals surface area contributed by atoms with Crippen molar-refractivity contribution in [2.45, 2.75) is 41.5 Å². The van der Waals surface area contributed by atoms with E-state index >= 15 is 0 Å². The Hall–Kier alpha value is -3.78. The molecule has 0 aliphatic carbocycles. The van der Waals surface area contributed by atoms with Gasteiger partial charge in [0, 0.05) is 0 Å². The van der Waals surface area contributed by atoms with E-state index in [9.17, 15) is 0 Å².